The van der Waals surface area contributed by atoms with Crippen LogP contribution in [0.2, 0.25) is 0 Å². The molecule has 0 aliphatic carbocycles. The monoisotopic (exact) mass is 429 g/mol. The molecule has 31 heavy (non-hydrogen) atoms. The standard InChI is InChI=1S/C25H23N3O2S/c1-18-7-5-6-10-20(18)23-15-21(19-8-3-2-4-9-19)22(16-26)25(27-23)31-17-24(29)28-11-13-30-14-12-28/h2-10,15H,11-14,17H2,1H3. The summed E-state index contributed by atoms with van der Waals surface area (Å²) in [6.45, 7) is 4.40. The highest BCUT2D eigenvalue weighted by Crippen LogP contribution is 2.35. The molecule has 156 valence electrons. The van der Waals surface area contributed by atoms with E-state index in [1.54, 1.807) is 0 Å². The maximum atomic E-state index is 12.7. The predicted molar refractivity (Wildman–Crippen MR) is 123 cm³/mol. The molecule has 1 aliphatic heterocycles. The molecule has 6 heteroatoms. The summed E-state index contributed by atoms with van der Waals surface area (Å²) in [7, 11) is 0. The van der Waals surface area contributed by atoms with Crippen LogP contribution in [-0.2, 0) is 9.53 Å². The minimum atomic E-state index is 0.0431. The van der Waals surface area contributed by atoms with Gasteiger partial charge in [0.15, 0.2) is 0 Å². The number of pyridine rings is 1. The van der Waals surface area contributed by atoms with Crippen LogP contribution in [-0.4, -0.2) is 47.8 Å². The Bertz CT molecular complexity index is 1120. The van der Waals surface area contributed by atoms with Gasteiger partial charge in [-0.2, -0.15) is 5.26 Å². The molecule has 4 rings (SSSR count). The smallest absolute Gasteiger partial charge is 0.233 e. The summed E-state index contributed by atoms with van der Waals surface area (Å²) in [6.07, 6.45) is 0. The maximum absolute atomic E-state index is 12.7. The summed E-state index contributed by atoms with van der Waals surface area (Å²) in [6, 6.07) is 22.2. The fraction of sp³-hybridized carbons (Fsp3) is 0.240. The third-order valence-electron chi connectivity index (χ3n) is 5.30. The number of nitrogens with zero attached hydrogens (tertiary/aromatic N) is 3. The van der Waals surface area contributed by atoms with Gasteiger partial charge in [0.2, 0.25) is 5.91 Å². The molecule has 5 nitrogen and oxygen atoms in total. The summed E-state index contributed by atoms with van der Waals surface area (Å²) in [5.74, 6) is 0.286. The SMILES string of the molecule is Cc1ccccc1-c1cc(-c2ccccc2)c(C#N)c(SCC(=O)N2CCOCC2)n1. The topological polar surface area (TPSA) is 66.2 Å². The maximum Gasteiger partial charge on any atom is 0.233 e. The Labute approximate surface area is 186 Å². The molecular weight excluding hydrogens is 406 g/mol. The second kappa shape index (κ2) is 9.78. The minimum Gasteiger partial charge on any atom is -0.378 e. The zero-order chi connectivity index (χ0) is 21.6. The number of nitriles is 1. The number of amides is 1. The van der Waals surface area contributed by atoms with Crippen molar-refractivity contribution >= 4 is 17.7 Å². The molecule has 1 fully saturated rings. The van der Waals surface area contributed by atoms with Crippen molar-refractivity contribution in [2.75, 3.05) is 32.1 Å². The number of aryl methyl sites for hydroxylation is 1. The van der Waals surface area contributed by atoms with E-state index in [0.29, 0.717) is 36.9 Å². The summed E-state index contributed by atoms with van der Waals surface area (Å²) in [5.41, 5.74) is 5.22. The lowest BCUT2D eigenvalue weighted by Gasteiger charge is -2.26. The number of benzene rings is 2. The van der Waals surface area contributed by atoms with Crippen molar-refractivity contribution in [1.82, 2.24) is 9.88 Å². The summed E-state index contributed by atoms with van der Waals surface area (Å²) in [5, 5.41) is 10.6. The van der Waals surface area contributed by atoms with Gasteiger partial charge in [-0.1, -0.05) is 66.4 Å². The van der Waals surface area contributed by atoms with Gasteiger partial charge in [-0.25, -0.2) is 4.98 Å². The number of morpholine rings is 1. The highest BCUT2D eigenvalue weighted by Gasteiger charge is 2.20. The number of hydrogen-bond donors (Lipinski definition) is 0. The molecule has 1 saturated heterocycles. The first-order chi connectivity index (χ1) is 15.2. The third kappa shape index (κ3) is 4.79. The Balaban J connectivity index is 1.74. The van der Waals surface area contributed by atoms with Gasteiger partial charge in [-0.3, -0.25) is 4.79 Å². The number of carbonyl (C=O) groups is 1. The molecule has 0 spiro atoms. The van der Waals surface area contributed by atoms with Crippen LogP contribution in [0, 0.1) is 18.3 Å². The second-order valence-electron chi connectivity index (χ2n) is 7.31. The molecule has 0 radical (unpaired) electrons. The first-order valence-corrected chi connectivity index (χ1v) is 11.2. The van der Waals surface area contributed by atoms with Crippen molar-refractivity contribution in [3.8, 4) is 28.5 Å². The lowest BCUT2D eigenvalue weighted by atomic mass is 9.98. The molecule has 0 atom stereocenters. The molecule has 0 saturated carbocycles. The highest BCUT2D eigenvalue weighted by atomic mass is 32.2. The average molecular weight is 430 g/mol. The van der Waals surface area contributed by atoms with Crippen molar-refractivity contribution in [2.24, 2.45) is 0 Å². The highest BCUT2D eigenvalue weighted by molar-refractivity contribution is 8.00. The van der Waals surface area contributed by atoms with Gasteiger partial charge < -0.3 is 9.64 Å². The summed E-state index contributed by atoms with van der Waals surface area (Å²) < 4.78 is 5.33. The average Bonchev–Trinajstić information content (AvgIpc) is 2.83. The summed E-state index contributed by atoms with van der Waals surface area (Å²) >= 11 is 1.33. The molecule has 0 N–H and O–H groups in total. The first-order valence-electron chi connectivity index (χ1n) is 10.2. The Hall–Kier alpha value is -3.14. The summed E-state index contributed by atoms with van der Waals surface area (Å²) in [4.78, 5) is 19.3. The van der Waals surface area contributed by atoms with Crippen molar-refractivity contribution < 1.29 is 9.53 Å². The van der Waals surface area contributed by atoms with E-state index in [2.05, 4.69) is 6.07 Å². The second-order valence-corrected chi connectivity index (χ2v) is 8.27. The molecule has 0 unspecified atom stereocenters. The van der Waals surface area contributed by atoms with Crippen molar-refractivity contribution in [2.45, 2.75) is 11.9 Å². The van der Waals surface area contributed by atoms with Crippen LogP contribution in [0.3, 0.4) is 0 Å². The van der Waals surface area contributed by atoms with E-state index in [4.69, 9.17) is 9.72 Å². The van der Waals surface area contributed by atoms with Crippen LogP contribution < -0.4 is 0 Å². The number of rotatable bonds is 5. The van der Waals surface area contributed by atoms with Crippen molar-refractivity contribution in [1.29, 1.82) is 5.26 Å². The van der Waals surface area contributed by atoms with Gasteiger partial charge in [0, 0.05) is 24.2 Å². The number of ether oxygens (including phenoxy) is 1. The van der Waals surface area contributed by atoms with Gasteiger partial charge in [-0.15, -0.1) is 0 Å². The van der Waals surface area contributed by atoms with Gasteiger partial charge in [0.25, 0.3) is 0 Å². The van der Waals surface area contributed by atoms with Crippen LogP contribution in [0.25, 0.3) is 22.4 Å². The number of carbonyl (C=O) groups excluding carboxylic acids is 1. The van der Waals surface area contributed by atoms with Crippen molar-refractivity contribution in [3.05, 3.63) is 71.8 Å². The van der Waals surface area contributed by atoms with E-state index >= 15 is 0 Å². The molecule has 1 aliphatic rings. The van der Waals surface area contributed by atoms with Crippen LogP contribution in [0.5, 0.6) is 0 Å². The molecule has 2 heterocycles. The molecular formula is C25H23N3O2S. The van der Waals surface area contributed by atoms with E-state index in [1.807, 2.05) is 72.5 Å². The predicted octanol–water partition coefficient (Wildman–Crippen LogP) is 4.55. The zero-order valence-corrected chi connectivity index (χ0v) is 18.2. The Morgan fingerprint density at radius 2 is 1.81 bits per heavy atom. The van der Waals surface area contributed by atoms with Gasteiger partial charge in [0.05, 0.1) is 30.2 Å². The third-order valence-corrected chi connectivity index (χ3v) is 6.26. The molecule has 1 aromatic heterocycles. The molecule has 3 aromatic rings. The zero-order valence-electron chi connectivity index (χ0n) is 17.4. The fourth-order valence-electron chi connectivity index (χ4n) is 3.61. The van der Waals surface area contributed by atoms with Gasteiger partial charge in [-0.05, 0) is 24.1 Å². The van der Waals surface area contributed by atoms with E-state index < -0.39 is 0 Å². The Morgan fingerprint density at radius 1 is 1.10 bits per heavy atom. The largest absolute Gasteiger partial charge is 0.378 e. The molecule has 0 bridgehead atoms. The van der Waals surface area contributed by atoms with E-state index in [1.165, 1.54) is 11.8 Å². The van der Waals surface area contributed by atoms with Crippen LogP contribution in [0.1, 0.15) is 11.1 Å². The van der Waals surface area contributed by atoms with Crippen LogP contribution in [0.4, 0.5) is 0 Å². The van der Waals surface area contributed by atoms with E-state index in [0.717, 1.165) is 27.9 Å². The fourth-order valence-corrected chi connectivity index (χ4v) is 4.52. The number of aromatic nitrogens is 1. The van der Waals surface area contributed by atoms with Gasteiger partial charge >= 0.3 is 0 Å². The molecule has 1 amide bonds. The number of hydrogen-bond acceptors (Lipinski definition) is 5. The molecule has 2 aromatic carbocycles. The first kappa shape index (κ1) is 21.1. The number of thioether (sulfide) groups is 1. The van der Waals surface area contributed by atoms with E-state index in [9.17, 15) is 10.1 Å². The van der Waals surface area contributed by atoms with E-state index in [-0.39, 0.29) is 11.7 Å². The Kier molecular flexibility index (Phi) is 6.66. The van der Waals surface area contributed by atoms with Crippen molar-refractivity contribution in [3.63, 3.8) is 0 Å². The van der Waals surface area contributed by atoms with Gasteiger partial charge in [0.1, 0.15) is 11.1 Å². The van der Waals surface area contributed by atoms with Crippen LogP contribution in [0.15, 0.2) is 65.7 Å². The lowest BCUT2D eigenvalue weighted by Crippen LogP contribution is -2.41. The normalized spacial score (nSPS) is 13.6. The lowest BCUT2D eigenvalue weighted by molar-refractivity contribution is -0.132. The minimum absolute atomic E-state index is 0.0431. The Morgan fingerprint density at radius 3 is 2.52 bits per heavy atom. The quantitative estimate of drug-likeness (QED) is 0.557. The van der Waals surface area contributed by atoms with Crippen LogP contribution >= 0.6 is 11.8 Å².